The lowest BCUT2D eigenvalue weighted by Gasteiger charge is -2.31. The summed E-state index contributed by atoms with van der Waals surface area (Å²) in [5.41, 5.74) is 16.2. The van der Waals surface area contributed by atoms with E-state index in [-0.39, 0.29) is 11.8 Å². The van der Waals surface area contributed by atoms with E-state index in [1.165, 1.54) is 115 Å². The maximum atomic E-state index is 6.96. The molecule has 2 unspecified atom stereocenters. The standard InChI is InChI=1S/C62H44N2O/c1-2-44-45(22-14-23-49-48-20-10-13-26-56(48)65-62(49)57(44)42-29-27-39(28-30-42)38-15-4-3-5-16-38)41-31-34-43(35-32-41)63-53-25-12-9-21-50(53)59-55(63)37-51-47-19-8-11-24-52(47)64-54-36-33-40-17-6-7-18-46(40)58(54)60(59)61(51)64/h3-13,15-22,24-37,44,57H,2,14,23H2,1H3/b45-22-. The number of rotatable bonds is 5. The zero-order chi connectivity index (χ0) is 42.8. The van der Waals surface area contributed by atoms with E-state index in [2.05, 4.69) is 216 Å². The molecule has 0 aliphatic heterocycles. The molecule has 0 saturated carbocycles. The first-order valence-corrected chi connectivity index (χ1v) is 23.2. The van der Waals surface area contributed by atoms with E-state index < -0.39 is 0 Å². The summed E-state index contributed by atoms with van der Waals surface area (Å²) >= 11 is 0. The van der Waals surface area contributed by atoms with Crippen molar-refractivity contribution in [1.82, 2.24) is 8.97 Å². The van der Waals surface area contributed by atoms with Crippen molar-refractivity contribution in [3.8, 4) is 16.8 Å². The summed E-state index contributed by atoms with van der Waals surface area (Å²) < 4.78 is 12.0. The van der Waals surface area contributed by atoms with Gasteiger partial charge in [0.05, 0.1) is 27.6 Å². The number of furan rings is 1. The summed E-state index contributed by atoms with van der Waals surface area (Å²) in [5.74, 6) is 1.39. The summed E-state index contributed by atoms with van der Waals surface area (Å²) in [6, 6.07) is 72.0. The van der Waals surface area contributed by atoms with Crippen LogP contribution in [0.2, 0.25) is 0 Å². The monoisotopic (exact) mass is 832 g/mol. The molecule has 0 fully saturated rings. The lowest BCUT2D eigenvalue weighted by Crippen LogP contribution is -2.18. The number of allylic oxidation sites excluding steroid dienone is 2. The molecule has 308 valence electrons. The Labute approximate surface area is 376 Å². The molecule has 3 nitrogen and oxygen atoms in total. The predicted octanol–water partition coefficient (Wildman–Crippen LogP) is 16.7. The quantitative estimate of drug-likeness (QED) is 0.169. The minimum atomic E-state index is 0.0622. The number of hydrogen-bond donors (Lipinski definition) is 0. The number of hydrogen-bond acceptors (Lipinski definition) is 1. The van der Waals surface area contributed by atoms with Crippen LogP contribution in [0.3, 0.4) is 0 Å². The molecule has 14 rings (SSSR count). The van der Waals surface area contributed by atoms with Crippen molar-refractivity contribution in [2.75, 3.05) is 0 Å². The van der Waals surface area contributed by atoms with Crippen LogP contribution in [0.4, 0.5) is 0 Å². The Morgan fingerprint density at radius 3 is 1.98 bits per heavy atom. The molecule has 0 saturated heterocycles. The average molecular weight is 833 g/mol. The van der Waals surface area contributed by atoms with Crippen molar-refractivity contribution in [3.05, 3.63) is 223 Å². The molecule has 1 aliphatic rings. The number of benzene rings is 9. The van der Waals surface area contributed by atoms with Gasteiger partial charge in [0.1, 0.15) is 11.3 Å². The second-order valence-electron chi connectivity index (χ2n) is 18.1. The van der Waals surface area contributed by atoms with Crippen LogP contribution in [-0.4, -0.2) is 8.97 Å². The maximum Gasteiger partial charge on any atom is 0.134 e. The number of nitrogens with zero attached hydrogens (tertiary/aromatic N) is 2. The molecule has 2 atom stereocenters. The molecule has 4 heterocycles. The number of fused-ring (bicyclic) bond motifs is 15. The van der Waals surface area contributed by atoms with Crippen molar-refractivity contribution in [3.63, 3.8) is 0 Å². The zero-order valence-corrected chi connectivity index (χ0v) is 36.1. The lowest BCUT2D eigenvalue weighted by atomic mass is 9.73. The highest BCUT2D eigenvalue weighted by molar-refractivity contribution is 6.38. The minimum Gasteiger partial charge on any atom is -0.460 e. The Morgan fingerprint density at radius 2 is 1.17 bits per heavy atom. The topological polar surface area (TPSA) is 22.5 Å². The molecule has 9 aromatic carbocycles. The van der Waals surface area contributed by atoms with Gasteiger partial charge in [0.2, 0.25) is 0 Å². The molecule has 4 aromatic heterocycles. The predicted molar refractivity (Wildman–Crippen MR) is 273 cm³/mol. The zero-order valence-electron chi connectivity index (χ0n) is 36.1. The fourth-order valence-electron chi connectivity index (χ4n) is 12.1. The largest absolute Gasteiger partial charge is 0.460 e. The van der Waals surface area contributed by atoms with Crippen LogP contribution < -0.4 is 0 Å². The van der Waals surface area contributed by atoms with Crippen LogP contribution >= 0.6 is 0 Å². The fraction of sp³-hybridized carbons (Fsp3) is 0.0968. The summed E-state index contributed by atoms with van der Waals surface area (Å²) in [6.45, 7) is 2.35. The van der Waals surface area contributed by atoms with Crippen LogP contribution in [0.25, 0.3) is 104 Å². The first-order valence-electron chi connectivity index (χ1n) is 23.2. The summed E-state index contributed by atoms with van der Waals surface area (Å²) in [6.07, 6.45) is 5.41. The fourth-order valence-corrected chi connectivity index (χ4v) is 12.1. The Kier molecular flexibility index (Phi) is 7.91. The van der Waals surface area contributed by atoms with E-state index in [0.717, 1.165) is 30.6 Å². The number of aryl methyl sites for hydroxylation is 1. The van der Waals surface area contributed by atoms with Crippen molar-refractivity contribution in [1.29, 1.82) is 0 Å². The van der Waals surface area contributed by atoms with E-state index in [9.17, 15) is 0 Å². The van der Waals surface area contributed by atoms with E-state index in [4.69, 9.17) is 4.42 Å². The van der Waals surface area contributed by atoms with Gasteiger partial charge < -0.3 is 13.4 Å². The van der Waals surface area contributed by atoms with Crippen LogP contribution in [0.5, 0.6) is 0 Å². The summed E-state index contributed by atoms with van der Waals surface area (Å²) in [7, 11) is 0. The van der Waals surface area contributed by atoms with Crippen molar-refractivity contribution >= 4 is 87.2 Å². The Balaban J connectivity index is 0.954. The van der Waals surface area contributed by atoms with Gasteiger partial charge >= 0.3 is 0 Å². The maximum absolute atomic E-state index is 6.96. The van der Waals surface area contributed by atoms with Gasteiger partial charge in [-0.1, -0.05) is 165 Å². The van der Waals surface area contributed by atoms with Gasteiger partial charge in [-0.2, -0.15) is 0 Å². The second-order valence-corrected chi connectivity index (χ2v) is 18.1. The Hall–Kier alpha value is -7.88. The highest BCUT2D eigenvalue weighted by Crippen LogP contribution is 2.50. The van der Waals surface area contributed by atoms with Crippen LogP contribution in [0.15, 0.2) is 205 Å². The molecule has 0 spiro atoms. The molecule has 0 radical (unpaired) electrons. The highest BCUT2D eigenvalue weighted by atomic mass is 16.3. The number of aromatic nitrogens is 2. The third-order valence-electron chi connectivity index (χ3n) is 14.8. The van der Waals surface area contributed by atoms with Crippen molar-refractivity contribution in [2.45, 2.75) is 32.1 Å². The normalized spacial score (nSPS) is 16.6. The second kappa shape index (κ2) is 14.1. The van der Waals surface area contributed by atoms with Gasteiger partial charge in [0, 0.05) is 54.9 Å². The van der Waals surface area contributed by atoms with Crippen molar-refractivity contribution in [2.24, 2.45) is 5.92 Å². The third-order valence-corrected chi connectivity index (χ3v) is 14.8. The molecule has 0 bridgehead atoms. The van der Waals surface area contributed by atoms with Crippen molar-refractivity contribution < 1.29 is 4.42 Å². The third kappa shape index (κ3) is 5.24. The molecule has 3 heteroatoms. The van der Waals surface area contributed by atoms with E-state index >= 15 is 0 Å². The lowest BCUT2D eigenvalue weighted by molar-refractivity contribution is 0.448. The highest BCUT2D eigenvalue weighted by Gasteiger charge is 2.34. The Bertz CT molecular complexity index is 4030. The molecule has 0 amide bonds. The first kappa shape index (κ1) is 36.6. The van der Waals surface area contributed by atoms with Crippen LogP contribution in [-0.2, 0) is 6.42 Å². The van der Waals surface area contributed by atoms with E-state index in [1.54, 1.807) is 0 Å². The summed E-state index contributed by atoms with van der Waals surface area (Å²) in [5, 5.41) is 11.6. The Morgan fingerprint density at radius 1 is 0.508 bits per heavy atom. The SMILES string of the molecule is CCC1/C(c2ccc(-n3c4ccccc4c4c5c6c7ccccc7ccc6n6c7ccccc7c(cc43)c56)cc2)=C\CCc2c(oc3ccccc23)C1c1ccc(-c2ccccc2)cc1. The van der Waals surface area contributed by atoms with Crippen LogP contribution in [0.1, 0.15) is 48.1 Å². The van der Waals surface area contributed by atoms with E-state index in [1.807, 2.05) is 0 Å². The first-order chi connectivity index (χ1) is 32.2. The average Bonchev–Trinajstić information content (AvgIpc) is 4.10. The summed E-state index contributed by atoms with van der Waals surface area (Å²) in [4.78, 5) is 0. The molecule has 65 heavy (non-hydrogen) atoms. The van der Waals surface area contributed by atoms with Gasteiger partial charge in [-0.3, -0.25) is 0 Å². The van der Waals surface area contributed by atoms with Gasteiger partial charge in [-0.25, -0.2) is 0 Å². The van der Waals surface area contributed by atoms with Gasteiger partial charge in [0.15, 0.2) is 0 Å². The van der Waals surface area contributed by atoms with Gasteiger partial charge in [-0.05, 0) is 106 Å². The number of para-hydroxylation sites is 3. The molecule has 13 aromatic rings. The van der Waals surface area contributed by atoms with Gasteiger partial charge in [0.25, 0.3) is 0 Å². The molecular formula is C62H44N2O. The molecular weight excluding hydrogens is 789 g/mol. The van der Waals surface area contributed by atoms with Gasteiger partial charge in [-0.15, -0.1) is 0 Å². The van der Waals surface area contributed by atoms with Crippen LogP contribution in [0, 0.1) is 5.92 Å². The smallest absolute Gasteiger partial charge is 0.134 e. The molecule has 1 aliphatic carbocycles. The van der Waals surface area contributed by atoms with E-state index in [0.29, 0.717) is 0 Å². The molecule has 0 N–H and O–H groups in total. The minimum absolute atomic E-state index is 0.0622.